The molecule has 3 aromatic heterocycles. The molecule has 29 heavy (non-hydrogen) atoms. The van der Waals surface area contributed by atoms with E-state index >= 15 is 0 Å². The van der Waals surface area contributed by atoms with Gasteiger partial charge in [-0.2, -0.15) is 10.4 Å². The van der Waals surface area contributed by atoms with Gasteiger partial charge in [0.15, 0.2) is 12.2 Å². The summed E-state index contributed by atoms with van der Waals surface area (Å²) in [5.74, 6) is 1.63. The number of nitrogens with one attached hydrogen (secondary N) is 1. The quantitative estimate of drug-likeness (QED) is 0.564. The molecule has 3 heterocycles. The summed E-state index contributed by atoms with van der Waals surface area (Å²) in [6, 6.07) is 9.77. The van der Waals surface area contributed by atoms with Crippen LogP contribution in [0.1, 0.15) is 35.8 Å². The molecule has 0 radical (unpaired) electrons. The summed E-state index contributed by atoms with van der Waals surface area (Å²) in [4.78, 5) is 8.54. The topological polar surface area (TPSA) is 110 Å². The molecule has 0 saturated heterocycles. The van der Waals surface area contributed by atoms with Gasteiger partial charge in [0, 0.05) is 5.39 Å². The fourth-order valence-electron chi connectivity index (χ4n) is 3.75. The van der Waals surface area contributed by atoms with Crippen molar-refractivity contribution >= 4 is 10.9 Å². The van der Waals surface area contributed by atoms with Gasteiger partial charge in [-0.15, -0.1) is 0 Å². The predicted octanol–water partition coefficient (Wildman–Crippen LogP) is 3.95. The van der Waals surface area contributed by atoms with E-state index in [-0.39, 0.29) is 6.10 Å². The highest BCUT2D eigenvalue weighted by molar-refractivity contribution is 5.92. The molecule has 1 aromatic carbocycles. The molecule has 0 spiro atoms. The summed E-state index contributed by atoms with van der Waals surface area (Å²) in [5, 5.41) is 17.5. The highest BCUT2D eigenvalue weighted by Gasteiger charge is 2.26. The van der Waals surface area contributed by atoms with Gasteiger partial charge in [-0.3, -0.25) is 5.10 Å². The van der Waals surface area contributed by atoms with Crippen LogP contribution in [0.4, 0.5) is 0 Å². The lowest BCUT2D eigenvalue weighted by atomic mass is 9.92. The first-order valence-corrected chi connectivity index (χ1v) is 9.28. The fourth-order valence-corrected chi connectivity index (χ4v) is 3.75. The van der Waals surface area contributed by atoms with Crippen molar-refractivity contribution in [1.82, 2.24) is 20.2 Å². The third-order valence-electron chi connectivity index (χ3n) is 5.11. The zero-order valence-electron chi connectivity index (χ0n) is 15.7. The van der Waals surface area contributed by atoms with Crippen LogP contribution in [0.2, 0.25) is 0 Å². The van der Waals surface area contributed by atoms with Crippen molar-refractivity contribution in [2.24, 2.45) is 0 Å². The van der Waals surface area contributed by atoms with E-state index in [1.54, 1.807) is 6.20 Å². The average Bonchev–Trinajstić information content (AvgIpc) is 3.42. The van der Waals surface area contributed by atoms with E-state index in [1.807, 2.05) is 24.3 Å². The van der Waals surface area contributed by atoms with Crippen molar-refractivity contribution in [3.63, 3.8) is 0 Å². The van der Waals surface area contributed by atoms with E-state index in [0.29, 0.717) is 28.6 Å². The zero-order chi connectivity index (χ0) is 19.8. The summed E-state index contributed by atoms with van der Waals surface area (Å²) >= 11 is 0. The molecule has 0 unspecified atom stereocenters. The molecule has 0 bridgehead atoms. The van der Waals surface area contributed by atoms with E-state index in [9.17, 15) is 5.26 Å². The standard InChI is InChI=1S/C21H17N5O3/c1-27-21-13(9-22)7-12-3-2-4-17(19(12)24-21)29-14-5-6-16-15(8-14)20(26-25-16)18-10-23-11-28-18/h5-8,10-11,17H,2-4H2,1H3,(H,25,26)/t17-/m0/s1. The van der Waals surface area contributed by atoms with Gasteiger partial charge in [0.25, 0.3) is 0 Å². The Bertz CT molecular complexity index is 1220. The SMILES string of the molecule is COc1nc2c(cc1C#N)CCC[C@@H]2Oc1ccc2[nH]nc(-c3cnco3)c2c1. The first kappa shape index (κ1) is 17.3. The van der Waals surface area contributed by atoms with E-state index in [4.69, 9.17) is 13.9 Å². The summed E-state index contributed by atoms with van der Waals surface area (Å²) in [6.07, 6.45) is 5.48. The van der Waals surface area contributed by atoms with Crippen LogP contribution in [-0.2, 0) is 6.42 Å². The summed E-state index contributed by atoms with van der Waals surface area (Å²) in [6.45, 7) is 0. The monoisotopic (exact) mass is 387 g/mol. The first-order valence-electron chi connectivity index (χ1n) is 9.28. The Balaban J connectivity index is 1.51. The number of hydrogen-bond acceptors (Lipinski definition) is 7. The third-order valence-corrected chi connectivity index (χ3v) is 5.11. The number of aromatic nitrogens is 4. The number of H-pyrrole nitrogens is 1. The van der Waals surface area contributed by atoms with Gasteiger partial charge in [0.1, 0.15) is 29.2 Å². The Morgan fingerprint density at radius 1 is 1.31 bits per heavy atom. The van der Waals surface area contributed by atoms with Gasteiger partial charge >= 0.3 is 0 Å². The maximum Gasteiger partial charge on any atom is 0.231 e. The minimum Gasteiger partial charge on any atom is -0.484 e. The van der Waals surface area contributed by atoms with Gasteiger partial charge in [0.2, 0.25) is 5.88 Å². The summed E-state index contributed by atoms with van der Waals surface area (Å²) in [7, 11) is 1.52. The molecule has 0 fully saturated rings. The van der Waals surface area contributed by atoms with E-state index in [1.165, 1.54) is 13.5 Å². The number of nitriles is 1. The van der Waals surface area contributed by atoms with Crippen molar-refractivity contribution in [3.05, 3.63) is 53.7 Å². The van der Waals surface area contributed by atoms with E-state index in [2.05, 4.69) is 26.2 Å². The van der Waals surface area contributed by atoms with Crippen LogP contribution in [0.3, 0.4) is 0 Å². The molecule has 1 aliphatic carbocycles. The van der Waals surface area contributed by atoms with Crippen LogP contribution in [0.25, 0.3) is 22.4 Å². The summed E-state index contributed by atoms with van der Waals surface area (Å²) < 4.78 is 17.0. The van der Waals surface area contributed by atoms with Crippen LogP contribution < -0.4 is 9.47 Å². The van der Waals surface area contributed by atoms with Gasteiger partial charge < -0.3 is 13.9 Å². The number of rotatable bonds is 4. The Labute approximate surface area is 166 Å². The molecular formula is C21H17N5O3. The molecule has 0 aliphatic heterocycles. The number of fused-ring (bicyclic) bond motifs is 2. The largest absolute Gasteiger partial charge is 0.484 e. The Morgan fingerprint density at radius 2 is 2.24 bits per heavy atom. The molecule has 144 valence electrons. The van der Waals surface area contributed by atoms with Crippen LogP contribution >= 0.6 is 0 Å². The van der Waals surface area contributed by atoms with Gasteiger partial charge in [-0.05, 0) is 49.1 Å². The smallest absolute Gasteiger partial charge is 0.231 e. The maximum absolute atomic E-state index is 9.31. The molecule has 0 saturated carbocycles. The lowest BCUT2D eigenvalue weighted by Gasteiger charge is -2.26. The second-order valence-corrected chi connectivity index (χ2v) is 6.85. The lowest BCUT2D eigenvalue weighted by molar-refractivity contribution is 0.177. The molecule has 1 atom stereocenters. The second kappa shape index (κ2) is 6.95. The molecule has 0 amide bonds. The van der Waals surface area contributed by atoms with Crippen LogP contribution in [0, 0.1) is 11.3 Å². The number of hydrogen-bond donors (Lipinski definition) is 1. The minimum absolute atomic E-state index is 0.210. The maximum atomic E-state index is 9.31. The number of aryl methyl sites for hydroxylation is 1. The van der Waals surface area contributed by atoms with Gasteiger partial charge in [-0.1, -0.05) is 0 Å². The van der Waals surface area contributed by atoms with Crippen molar-refractivity contribution < 1.29 is 13.9 Å². The number of ether oxygens (including phenoxy) is 2. The molecule has 1 N–H and O–H groups in total. The Kier molecular flexibility index (Phi) is 4.13. The molecule has 4 aromatic rings. The normalized spacial score (nSPS) is 15.7. The zero-order valence-corrected chi connectivity index (χ0v) is 15.7. The predicted molar refractivity (Wildman–Crippen MR) is 103 cm³/mol. The highest BCUT2D eigenvalue weighted by Crippen LogP contribution is 2.36. The Hall–Kier alpha value is -3.86. The number of aromatic amines is 1. The highest BCUT2D eigenvalue weighted by atomic mass is 16.5. The molecule has 5 rings (SSSR count). The van der Waals surface area contributed by atoms with E-state index in [0.717, 1.165) is 41.4 Å². The molecule has 8 nitrogen and oxygen atoms in total. The lowest BCUT2D eigenvalue weighted by Crippen LogP contribution is -2.18. The van der Waals surface area contributed by atoms with Crippen molar-refractivity contribution in [2.75, 3.05) is 7.11 Å². The van der Waals surface area contributed by atoms with Crippen molar-refractivity contribution in [1.29, 1.82) is 5.26 Å². The van der Waals surface area contributed by atoms with Crippen LogP contribution in [-0.4, -0.2) is 27.3 Å². The molecule has 1 aliphatic rings. The fraction of sp³-hybridized carbons (Fsp3) is 0.238. The number of oxazole rings is 1. The van der Waals surface area contributed by atoms with Crippen molar-refractivity contribution in [2.45, 2.75) is 25.4 Å². The van der Waals surface area contributed by atoms with Crippen molar-refractivity contribution in [3.8, 4) is 29.2 Å². The third kappa shape index (κ3) is 2.97. The number of pyridine rings is 1. The van der Waals surface area contributed by atoms with Crippen LogP contribution in [0.5, 0.6) is 11.6 Å². The second-order valence-electron chi connectivity index (χ2n) is 6.85. The number of nitrogens with zero attached hydrogens (tertiary/aromatic N) is 4. The van der Waals surface area contributed by atoms with Gasteiger partial charge in [0.05, 0.1) is 24.5 Å². The van der Waals surface area contributed by atoms with Gasteiger partial charge in [-0.25, -0.2) is 9.97 Å². The average molecular weight is 387 g/mol. The molecule has 8 heteroatoms. The Morgan fingerprint density at radius 3 is 3.03 bits per heavy atom. The van der Waals surface area contributed by atoms with Crippen LogP contribution in [0.15, 0.2) is 41.3 Å². The number of methoxy groups -OCH3 is 1. The number of benzene rings is 1. The van der Waals surface area contributed by atoms with E-state index < -0.39 is 0 Å². The summed E-state index contributed by atoms with van der Waals surface area (Å²) in [5.41, 5.74) is 3.88. The first-order chi connectivity index (χ1) is 14.3. The molecular weight excluding hydrogens is 370 g/mol. The minimum atomic E-state index is -0.210.